The van der Waals surface area contributed by atoms with Crippen molar-refractivity contribution in [1.29, 1.82) is 0 Å². The Bertz CT molecular complexity index is 593. The van der Waals surface area contributed by atoms with Crippen molar-refractivity contribution in [3.8, 4) is 0 Å². The van der Waals surface area contributed by atoms with Crippen LogP contribution in [0.4, 0.5) is 0 Å². The highest BCUT2D eigenvalue weighted by atomic mass is 16.4. The lowest BCUT2D eigenvalue weighted by atomic mass is 10.1. The lowest BCUT2D eigenvalue weighted by molar-refractivity contribution is -0.142. The van der Waals surface area contributed by atoms with Crippen molar-refractivity contribution in [3.63, 3.8) is 0 Å². The Balaban J connectivity index is 2.07. The highest BCUT2D eigenvalue weighted by Crippen LogP contribution is 2.19. The van der Waals surface area contributed by atoms with Crippen LogP contribution in [0.5, 0.6) is 0 Å². The van der Waals surface area contributed by atoms with E-state index in [1.165, 1.54) is 4.90 Å². The molecule has 25 heavy (non-hydrogen) atoms. The molecule has 0 saturated carbocycles. The normalized spacial score (nSPS) is 23.8. The second kappa shape index (κ2) is 7.95. The Hall–Kier alpha value is -2.65. The van der Waals surface area contributed by atoms with Crippen LogP contribution in [-0.2, 0) is 24.0 Å². The minimum Gasteiger partial charge on any atom is -0.481 e. The lowest BCUT2D eigenvalue weighted by Gasteiger charge is -2.28. The molecule has 0 aromatic heterocycles. The Morgan fingerprint density at radius 2 is 2.04 bits per heavy atom. The van der Waals surface area contributed by atoms with Crippen molar-refractivity contribution < 1.29 is 29.1 Å². The number of nitrogens with zero attached hydrogens (tertiary/aromatic N) is 1. The topological polar surface area (TPSA) is 159 Å². The minimum absolute atomic E-state index is 0.109. The maximum absolute atomic E-state index is 12.7. The molecule has 2 rings (SSSR count). The van der Waals surface area contributed by atoms with Gasteiger partial charge in [0.2, 0.25) is 23.6 Å². The summed E-state index contributed by atoms with van der Waals surface area (Å²) < 4.78 is 0. The number of rotatable bonds is 7. The van der Waals surface area contributed by atoms with Crippen LogP contribution in [0.15, 0.2) is 0 Å². The predicted octanol–water partition coefficient (Wildman–Crippen LogP) is -1.91. The second-order valence-electron chi connectivity index (χ2n) is 6.24. The molecule has 0 radical (unpaired) electrons. The number of carboxylic acids is 1. The van der Waals surface area contributed by atoms with Gasteiger partial charge in [-0.3, -0.25) is 24.0 Å². The van der Waals surface area contributed by atoms with Crippen molar-refractivity contribution >= 4 is 29.6 Å². The standard InChI is InChI=1S/C15H22N4O6/c16-13(23)10-2-1-7-19(10)15(25)9(4-6-12(21)22)18-14(24)8-3-5-11(20)17-8/h8-10H,1-7H2,(H2,16,23)(H,17,20)(H,18,24)(H,21,22)/t8-,9+,10-/m1/s1. The number of nitrogens with one attached hydrogen (secondary N) is 2. The summed E-state index contributed by atoms with van der Waals surface area (Å²) >= 11 is 0. The van der Waals surface area contributed by atoms with Crippen molar-refractivity contribution in [1.82, 2.24) is 15.5 Å². The first kappa shape index (κ1) is 18.7. The van der Waals surface area contributed by atoms with Crippen LogP contribution in [0.1, 0.15) is 38.5 Å². The summed E-state index contributed by atoms with van der Waals surface area (Å²) in [6.07, 6.45) is 1.17. The fraction of sp³-hybridized carbons (Fsp3) is 0.667. The van der Waals surface area contributed by atoms with E-state index >= 15 is 0 Å². The summed E-state index contributed by atoms with van der Waals surface area (Å²) in [5.41, 5.74) is 5.30. The lowest BCUT2D eigenvalue weighted by Crippen LogP contribution is -2.55. The summed E-state index contributed by atoms with van der Waals surface area (Å²) in [5.74, 6) is -3.04. The summed E-state index contributed by atoms with van der Waals surface area (Å²) in [5, 5.41) is 13.9. The van der Waals surface area contributed by atoms with Crippen LogP contribution in [0.3, 0.4) is 0 Å². The van der Waals surface area contributed by atoms with Crippen LogP contribution in [0.2, 0.25) is 0 Å². The van der Waals surface area contributed by atoms with Gasteiger partial charge in [0.05, 0.1) is 0 Å². The minimum atomic E-state index is -1.10. The van der Waals surface area contributed by atoms with Gasteiger partial charge in [-0.2, -0.15) is 0 Å². The van der Waals surface area contributed by atoms with Crippen LogP contribution in [0.25, 0.3) is 0 Å². The quantitative estimate of drug-likeness (QED) is 0.417. The van der Waals surface area contributed by atoms with E-state index in [-0.39, 0.29) is 25.2 Å². The number of nitrogens with two attached hydrogens (primary N) is 1. The number of aliphatic carboxylic acids is 1. The molecule has 0 unspecified atom stereocenters. The molecule has 138 valence electrons. The first-order valence-electron chi connectivity index (χ1n) is 8.21. The zero-order chi connectivity index (χ0) is 18.6. The van der Waals surface area contributed by atoms with E-state index in [0.717, 1.165) is 0 Å². The summed E-state index contributed by atoms with van der Waals surface area (Å²) in [7, 11) is 0. The molecule has 4 amide bonds. The van der Waals surface area contributed by atoms with Gasteiger partial charge < -0.3 is 26.4 Å². The molecule has 5 N–H and O–H groups in total. The van der Waals surface area contributed by atoms with E-state index in [9.17, 15) is 24.0 Å². The number of carboxylic acid groups (broad SMARTS) is 1. The second-order valence-corrected chi connectivity index (χ2v) is 6.24. The van der Waals surface area contributed by atoms with Gasteiger partial charge in [0.25, 0.3) is 0 Å². The maximum Gasteiger partial charge on any atom is 0.303 e. The van der Waals surface area contributed by atoms with Gasteiger partial charge in [-0.25, -0.2) is 0 Å². The van der Waals surface area contributed by atoms with Crippen LogP contribution in [0, 0.1) is 0 Å². The fourth-order valence-electron chi connectivity index (χ4n) is 3.13. The monoisotopic (exact) mass is 354 g/mol. The Morgan fingerprint density at radius 1 is 1.32 bits per heavy atom. The van der Waals surface area contributed by atoms with E-state index in [0.29, 0.717) is 25.8 Å². The number of carbonyl (C=O) groups excluding carboxylic acids is 4. The number of hydrogen-bond donors (Lipinski definition) is 4. The molecule has 0 aromatic carbocycles. The maximum atomic E-state index is 12.7. The molecular formula is C15H22N4O6. The van der Waals surface area contributed by atoms with Crippen molar-refractivity contribution in [2.45, 2.75) is 56.7 Å². The third-order valence-corrected chi connectivity index (χ3v) is 4.44. The molecule has 3 atom stereocenters. The first-order chi connectivity index (χ1) is 11.8. The predicted molar refractivity (Wildman–Crippen MR) is 83.9 cm³/mol. The van der Waals surface area contributed by atoms with Gasteiger partial charge in [-0.05, 0) is 25.7 Å². The molecule has 0 aliphatic carbocycles. The highest BCUT2D eigenvalue weighted by Gasteiger charge is 2.38. The molecule has 10 nitrogen and oxygen atoms in total. The van der Waals surface area contributed by atoms with Crippen LogP contribution >= 0.6 is 0 Å². The zero-order valence-electron chi connectivity index (χ0n) is 13.7. The van der Waals surface area contributed by atoms with E-state index in [1.54, 1.807) is 0 Å². The fourth-order valence-corrected chi connectivity index (χ4v) is 3.13. The Morgan fingerprint density at radius 3 is 2.60 bits per heavy atom. The third-order valence-electron chi connectivity index (χ3n) is 4.44. The van der Waals surface area contributed by atoms with Gasteiger partial charge in [0.15, 0.2) is 0 Å². The molecule has 2 heterocycles. The van der Waals surface area contributed by atoms with Crippen LogP contribution < -0.4 is 16.4 Å². The molecule has 2 aliphatic rings. The van der Waals surface area contributed by atoms with E-state index in [1.807, 2.05) is 0 Å². The largest absolute Gasteiger partial charge is 0.481 e. The number of amides is 4. The number of hydrogen-bond acceptors (Lipinski definition) is 5. The molecule has 2 aliphatic heterocycles. The van der Waals surface area contributed by atoms with E-state index in [4.69, 9.17) is 10.8 Å². The smallest absolute Gasteiger partial charge is 0.303 e. The summed E-state index contributed by atoms with van der Waals surface area (Å²) in [6.45, 7) is 0.325. The van der Waals surface area contributed by atoms with E-state index < -0.39 is 41.8 Å². The van der Waals surface area contributed by atoms with Gasteiger partial charge in [0.1, 0.15) is 18.1 Å². The summed E-state index contributed by atoms with van der Waals surface area (Å²) in [6, 6.07) is -2.57. The SMILES string of the molecule is NC(=O)[C@H]1CCCN1C(=O)[C@H](CCC(=O)O)NC(=O)[C@H]1CCC(=O)N1. The van der Waals surface area contributed by atoms with Gasteiger partial charge >= 0.3 is 5.97 Å². The van der Waals surface area contributed by atoms with Gasteiger partial charge in [-0.15, -0.1) is 0 Å². The van der Waals surface area contributed by atoms with E-state index in [2.05, 4.69) is 10.6 Å². The number of primary amides is 1. The summed E-state index contributed by atoms with van der Waals surface area (Å²) in [4.78, 5) is 59.8. The van der Waals surface area contributed by atoms with Crippen molar-refractivity contribution in [2.24, 2.45) is 5.73 Å². The average molecular weight is 354 g/mol. The van der Waals surface area contributed by atoms with Crippen molar-refractivity contribution in [2.75, 3.05) is 6.54 Å². The highest BCUT2D eigenvalue weighted by molar-refractivity contribution is 5.95. The van der Waals surface area contributed by atoms with Crippen LogP contribution in [-0.4, -0.2) is 64.3 Å². The Labute approximate surface area is 144 Å². The number of likely N-dealkylation sites (tertiary alicyclic amines) is 1. The van der Waals surface area contributed by atoms with Crippen molar-refractivity contribution in [3.05, 3.63) is 0 Å². The first-order valence-corrected chi connectivity index (χ1v) is 8.21. The molecule has 0 spiro atoms. The molecule has 0 bridgehead atoms. The van der Waals surface area contributed by atoms with Gasteiger partial charge in [-0.1, -0.05) is 0 Å². The molecule has 10 heteroatoms. The molecular weight excluding hydrogens is 332 g/mol. The Kier molecular flexibility index (Phi) is 5.94. The molecule has 0 aromatic rings. The average Bonchev–Trinajstić information content (AvgIpc) is 3.19. The third kappa shape index (κ3) is 4.68. The van der Waals surface area contributed by atoms with Gasteiger partial charge in [0, 0.05) is 19.4 Å². The zero-order valence-corrected chi connectivity index (χ0v) is 13.7. The molecule has 2 saturated heterocycles. The number of carbonyl (C=O) groups is 5. The molecule has 2 fully saturated rings.